The smallest absolute Gasteiger partial charge is 0.284 e. The number of benzene rings is 1. The molecule has 0 saturated carbocycles. The zero-order chi connectivity index (χ0) is 21.8. The molecule has 1 aromatic heterocycles. The van der Waals surface area contributed by atoms with Gasteiger partial charge in [0.05, 0.1) is 5.52 Å². The Labute approximate surface area is 175 Å². The van der Waals surface area contributed by atoms with E-state index in [0.29, 0.717) is 17.0 Å². The first-order valence-electron chi connectivity index (χ1n) is 10.1. The maximum atomic E-state index is 14.6. The molecule has 1 aromatic carbocycles. The minimum atomic E-state index is -0.644. The lowest BCUT2D eigenvalue weighted by Crippen LogP contribution is -2.39. The number of allylic oxidation sites excluding steroid dienone is 4. The average molecular weight is 410 g/mol. The van der Waals surface area contributed by atoms with Gasteiger partial charge in [-0.3, -0.25) is 15.0 Å². The van der Waals surface area contributed by atoms with Gasteiger partial charge in [-0.1, -0.05) is 38.3 Å². The molecule has 3 rings (SSSR count). The first-order chi connectivity index (χ1) is 14.3. The molecule has 7 heteroatoms. The van der Waals surface area contributed by atoms with E-state index in [9.17, 15) is 14.0 Å². The third kappa shape index (κ3) is 4.35. The van der Waals surface area contributed by atoms with Crippen molar-refractivity contribution in [2.45, 2.75) is 33.1 Å². The molecule has 0 unspecified atom stereocenters. The fourth-order valence-corrected chi connectivity index (χ4v) is 3.75. The van der Waals surface area contributed by atoms with E-state index >= 15 is 0 Å². The van der Waals surface area contributed by atoms with E-state index in [4.69, 9.17) is 0 Å². The van der Waals surface area contributed by atoms with E-state index in [2.05, 4.69) is 23.6 Å². The minimum absolute atomic E-state index is 0.126. The Morgan fingerprint density at radius 3 is 2.67 bits per heavy atom. The molecule has 6 nitrogen and oxygen atoms in total. The van der Waals surface area contributed by atoms with Crippen LogP contribution < -0.4 is 15.9 Å². The third-order valence-electron chi connectivity index (χ3n) is 5.28. The van der Waals surface area contributed by atoms with Crippen molar-refractivity contribution in [3.05, 3.63) is 70.8 Å². The molecule has 1 fully saturated rings. The van der Waals surface area contributed by atoms with Gasteiger partial charge < -0.3 is 4.90 Å². The molecule has 0 radical (unpaired) electrons. The Morgan fingerprint density at radius 2 is 2.03 bits per heavy atom. The molecule has 2 heterocycles. The summed E-state index contributed by atoms with van der Waals surface area (Å²) < 4.78 is 15.7. The van der Waals surface area contributed by atoms with Gasteiger partial charge in [0.25, 0.3) is 5.56 Å². The van der Waals surface area contributed by atoms with Crippen LogP contribution in [0.15, 0.2) is 53.9 Å². The van der Waals surface area contributed by atoms with E-state index in [-0.39, 0.29) is 23.6 Å². The summed E-state index contributed by atoms with van der Waals surface area (Å²) in [6, 6.07) is 2.98. The molecule has 1 atom stereocenters. The molecule has 1 saturated heterocycles. The lowest BCUT2D eigenvalue weighted by Gasteiger charge is -2.22. The van der Waals surface area contributed by atoms with Crippen molar-refractivity contribution in [3.8, 4) is 0 Å². The van der Waals surface area contributed by atoms with Crippen molar-refractivity contribution in [1.82, 2.24) is 9.66 Å². The molecule has 1 aliphatic heterocycles. The molecule has 158 valence electrons. The third-order valence-corrected chi connectivity index (χ3v) is 5.28. The number of amides is 1. The van der Waals surface area contributed by atoms with Crippen LogP contribution in [0.5, 0.6) is 0 Å². The Morgan fingerprint density at radius 1 is 1.33 bits per heavy atom. The number of carbonyl (C=O) groups is 1. The first kappa shape index (κ1) is 21.5. The van der Waals surface area contributed by atoms with Crippen molar-refractivity contribution >= 4 is 22.8 Å². The van der Waals surface area contributed by atoms with Gasteiger partial charge in [0.1, 0.15) is 11.2 Å². The van der Waals surface area contributed by atoms with Crippen molar-refractivity contribution in [1.29, 1.82) is 0 Å². The fourth-order valence-electron chi connectivity index (χ4n) is 3.75. The summed E-state index contributed by atoms with van der Waals surface area (Å²) in [5, 5.41) is -0.129. The number of fused-ring (bicyclic) bond motifs is 1. The molecule has 2 aromatic rings. The Bertz CT molecular complexity index is 1080. The number of anilines is 1. The summed E-state index contributed by atoms with van der Waals surface area (Å²) >= 11 is 0. The van der Waals surface area contributed by atoms with Crippen molar-refractivity contribution in [2.24, 2.45) is 5.92 Å². The zero-order valence-electron chi connectivity index (χ0n) is 17.4. The summed E-state index contributed by atoms with van der Waals surface area (Å²) in [6.07, 6.45) is 7.18. The molecule has 0 bridgehead atoms. The van der Waals surface area contributed by atoms with E-state index < -0.39 is 11.4 Å². The Kier molecular flexibility index (Phi) is 6.50. The summed E-state index contributed by atoms with van der Waals surface area (Å²) in [5.41, 5.74) is 3.87. The maximum absolute atomic E-state index is 14.6. The minimum Gasteiger partial charge on any atom is -0.341 e. The molecule has 1 amide bonds. The molecule has 0 aliphatic carbocycles. The quantitative estimate of drug-likeness (QED) is 0.705. The van der Waals surface area contributed by atoms with Crippen LogP contribution in [0.3, 0.4) is 0 Å². The lowest BCUT2D eigenvalue weighted by molar-refractivity contribution is -0.117. The predicted octanol–water partition coefficient (Wildman–Crippen LogP) is 3.84. The van der Waals surface area contributed by atoms with Crippen LogP contribution in [0, 0.1) is 18.7 Å². The maximum Gasteiger partial charge on any atom is 0.284 e. The SMILES string of the molecule is C=C/C=C(\C=C)[C@@H](C)CC(=O)Nn1c(N2CCCC2)nc2cc(C)cc(F)c2c1=O. The number of rotatable bonds is 7. The van der Waals surface area contributed by atoms with Crippen LogP contribution in [-0.4, -0.2) is 28.7 Å². The molecule has 1 N–H and O–H groups in total. The highest BCUT2D eigenvalue weighted by Gasteiger charge is 2.23. The van der Waals surface area contributed by atoms with Gasteiger partial charge in [0.2, 0.25) is 11.9 Å². The van der Waals surface area contributed by atoms with Gasteiger partial charge in [0.15, 0.2) is 0 Å². The summed E-state index contributed by atoms with van der Waals surface area (Å²) in [5.74, 6) is -0.800. The highest BCUT2D eigenvalue weighted by atomic mass is 19.1. The molecule has 0 spiro atoms. The first-order valence-corrected chi connectivity index (χ1v) is 10.1. The second kappa shape index (κ2) is 9.07. The van der Waals surface area contributed by atoms with Crippen molar-refractivity contribution in [2.75, 3.05) is 23.4 Å². The van der Waals surface area contributed by atoms with Gasteiger partial charge in [0, 0.05) is 19.5 Å². The van der Waals surface area contributed by atoms with E-state index in [1.54, 1.807) is 31.2 Å². The van der Waals surface area contributed by atoms with Crippen molar-refractivity contribution in [3.63, 3.8) is 0 Å². The molecular formula is C23H27FN4O2. The number of nitrogens with zero attached hydrogens (tertiary/aromatic N) is 3. The van der Waals surface area contributed by atoms with Gasteiger partial charge in [-0.25, -0.2) is 9.37 Å². The van der Waals surface area contributed by atoms with Crippen LogP contribution in [0.1, 0.15) is 31.7 Å². The van der Waals surface area contributed by atoms with Gasteiger partial charge in [-0.2, -0.15) is 4.68 Å². The topological polar surface area (TPSA) is 67.2 Å². The number of halogens is 1. The summed E-state index contributed by atoms with van der Waals surface area (Å²) in [7, 11) is 0. The van der Waals surface area contributed by atoms with E-state index in [1.807, 2.05) is 11.8 Å². The number of nitrogens with one attached hydrogen (secondary N) is 1. The van der Waals surface area contributed by atoms with E-state index in [1.165, 1.54) is 6.07 Å². The highest BCUT2D eigenvalue weighted by Crippen LogP contribution is 2.22. The fraction of sp³-hybridized carbons (Fsp3) is 0.348. The van der Waals surface area contributed by atoms with Gasteiger partial charge in [-0.05, 0) is 49.0 Å². The number of aromatic nitrogens is 2. The number of hydrogen-bond acceptors (Lipinski definition) is 4. The van der Waals surface area contributed by atoms with Gasteiger partial charge >= 0.3 is 0 Å². The van der Waals surface area contributed by atoms with Crippen molar-refractivity contribution < 1.29 is 9.18 Å². The van der Waals surface area contributed by atoms with Crippen LogP contribution >= 0.6 is 0 Å². The van der Waals surface area contributed by atoms with Gasteiger partial charge in [-0.15, -0.1) is 0 Å². The number of carbonyl (C=O) groups excluding carboxylic acids is 1. The summed E-state index contributed by atoms with van der Waals surface area (Å²) in [4.78, 5) is 32.4. The second-order valence-corrected chi connectivity index (χ2v) is 7.63. The lowest BCUT2D eigenvalue weighted by atomic mass is 9.97. The molecular weight excluding hydrogens is 383 g/mol. The normalized spacial score (nSPS) is 15.3. The largest absolute Gasteiger partial charge is 0.341 e. The van der Waals surface area contributed by atoms with Crippen LogP contribution in [0.4, 0.5) is 10.3 Å². The Balaban J connectivity index is 2.02. The van der Waals surface area contributed by atoms with Crippen LogP contribution in [0.25, 0.3) is 10.9 Å². The highest BCUT2D eigenvalue weighted by molar-refractivity contribution is 5.86. The molecule has 30 heavy (non-hydrogen) atoms. The van der Waals surface area contributed by atoms with E-state index in [0.717, 1.165) is 36.2 Å². The van der Waals surface area contributed by atoms with Crippen LogP contribution in [-0.2, 0) is 4.79 Å². The standard InChI is InChI=1S/C23H27FN4O2/c1-5-9-17(6-2)16(4)14-20(29)26-28-22(30)21-18(24)12-15(3)13-19(21)25-23(28)27-10-7-8-11-27/h5-6,9,12-13,16H,1-2,7-8,10-11,14H2,3-4H3,(H,26,29)/b17-9+/t16-/m0/s1. The second-order valence-electron chi connectivity index (χ2n) is 7.63. The monoisotopic (exact) mass is 410 g/mol. The summed E-state index contributed by atoms with van der Waals surface area (Å²) in [6.45, 7) is 12.5. The molecule has 1 aliphatic rings. The predicted molar refractivity (Wildman–Crippen MR) is 119 cm³/mol. The average Bonchev–Trinajstić information content (AvgIpc) is 3.21. The number of hydrogen-bond donors (Lipinski definition) is 1. The zero-order valence-corrected chi connectivity index (χ0v) is 17.4. The van der Waals surface area contributed by atoms with Crippen LogP contribution in [0.2, 0.25) is 0 Å². The number of aryl methyl sites for hydroxylation is 1. The Hall–Kier alpha value is -3.22.